The van der Waals surface area contributed by atoms with E-state index in [0.29, 0.717) is 19.5 Å². The Bertz CT molecular complexity index is 1030. The number of aliphatic carboxylic acids is 1. The van der Waals surface area contributed by atoms with Gasteiger partial charge in [0.25, 0.3) is 0 Å². The van der Waals surface area contributed by atoms with E-state index < -0.39 is 17.9 Å². The summed E-state index contributed by atoms with van der Waals surface area (Å²) in [6.07, 6.45) is 2.15. The second kappa shape index (κ2) is 7.90. The third kappa shape index (κ3) is 4.06. The monoisotopic (exact) mass is 396 g/mol. The SMILES string of the molecule is O=C(O)C1CCN(C(=O)NC(Cn2cnc3ccccc32)c2ccc(F)cc2)C1. The quantitative estimate of drug-likeness (QED) is 0.694. The topological polar surface area (TPSA) is 87.5 Å². The van der Waals surface area contributed by atoms with Crippen molar-refractivity contribution in [2.75, 3.05) is 13.1 Å². The molecule has 2 unspecified atom stereocenters. The molecule has 3 aromatic rings. The van der Waals surface area contributed by atoms with E-state index in [0.717, 1.165) is 16.6 Å². The molecule has 2 N–H and O–H groups in total. The number of hydrogen-bond acceptors (Lipinski definition) is 3. The number of halogens is 1. The molecule has 1 saturated heterocycles. The van der Waals surface area contributed by atoms with Gasteiger partial charge in [-0.1, -0.05) is 24.3 Å². The Morgan fingerprint density at radius 2 is 1.97 bits per heavy atom. The van der Waals surface area contributed by atoms with Crippen molar-refractivity contribution in [3.8, 4) is 0 Å². The molecule has 0 spiro atoms. The minimum Gasteiger partial charge on any atom is -0.481 e. The summed E-state index contributed by atoms with van der Waals surface area (Å²) >= 11 is 0. The van der Waals surface area contributed by atoms with Gasteiger partial charge in [-0.3, -0.25) is 4.79 Å². The maximum absolute atomic E-state index is 13.4. The Hall–Kier alpha value is -3.42. The van der Waals surface area contributed by atoms with Crippen LogP contribution in [0.25, 0.3) is 11.0 Å². The first-order chi connectivity index (χ1) is 14.0. The molecule has 0 saturated carbocycles. The van der Waals surface area contributed by atoms with Gasteiger partial charge in [0, 0.05) is 19.6 Å². The first-order valence-electron chi connectivity index (χ1n) is 9.45. The van der Waals surface area contributed by atoms with Crippen molar-refractivity contribution < 1.29 is 19.1 Å². The zero-order valence-corrected chi connectivity index (χ0v) is 15.7. The van der Waals surface area contributed by atoms with Crippen molar-refractivity contribution >= 4 is 23.0 Å². The van der Waals surface area contributed by atoms with E-state index in [-0.39, 0.29) is 18.4 Å². The number of para-hydroxylation sites is 2. The zero-order chi connectivity index (χ0) is 20.4. The van der Waals surface area contributed by atoms with Crippen molar-refractivity contribution in [1.29, 1.82) is 0 Å². The van der Waals surface area contributed by atoms with Gasteiger partial charge in [0.15, 0.2) is 0 Å². The number of carbonyl (C=O) groups excluding carboxylic acids is 1. The maximum Gasteiger partial charge on any atom is 0.317 e. The van der Waals surface area contributed by atoms with Crippen LogP contribution in [0.5, 0.6) is 0 Å². The number of urea groups is 1. The third-order valence-electron chi connectivity index (χ3n) is 5.30. The van der Waals surface area contributed by atoms with Gasteiger partial charge in [0.2, 0.25) is 0 Å². The Kier molecular flexibility index (Phi) is 5.16. The number of carboxylic acids is 1. The number of benzene rings is 2. The van der Waals surface area contributed by atoms with Crippen molar-refractivity contribution in [3.63, 3.8) is 0 Å². The van der Waals surface area contributed by atoms with Gasteiger partial charge in [-0.2, -0.15) is 0 Å². The lowest BCUT2D eigenvalue weighted by Gasteiger charge is -2.24. The van der Waals surface area contributed by atoms with Gasteiger partial charge in [-0.25, -0.2) is 14.2 Å². The van der Waals surface area contributed by atoms with Crippen LogP contribution in [0.4, 0.5) is 9.18 Å². The number of amides is 2. The molecule has 0 bridgehead atoms. The molecule has 1 aromatic heterocycles. The van der Waals surface area contributed by atoms with E-state index >= 15 is 0 Å². The summed E-state index contributed by atoms with van der Waals surface area (Å²) in [5.41, 5.74) is 2.54. The number of rotatable bonds is 5. The highest BCUT2D eigenvalue weighted by Gasteiger charge is 2.31. The Morgan fingerprint density at radius 3 is 2.69 bits per heavy atom. The van der Waals surface area contributed by atoms with Crippen molar-refractivity contribution in [2.45, 2.75) is 19.0 Å². The largest absolute Gasteiger partial charge is 0.481 e. The lowest BCUT2D eigenvalue weighted by molar-refractivity contribution is -0.141. The summed E-state index contributed by atoms with van der Waals surface area (Å²) < 4.78 is 15.3. The number of fused-ring (bicyclic) bond motifs is 1. The molecule has 1 aliphatic rings. The molecule has 7 nitrogen and oxygen atoms in total. The molecule has 4 rings (SSSR count). The molecule has 2 aromatic carbocycles. The van der Waals surface area contributed by atoms with Gasteiger partial charge in [0.1, 0.15) is 5.82 Å². The van der Waals surface area contributed by atoms with Crippen LogP contribution >= 0.6 is 0 Å². The van der Waals surface area contributed by atoms with Crippen molar-refractivity contribution in [1.82, 2.24) is 19.8 Å². The third-order valence-corrected chi connectivity index (χ3v) is 5.30. The van der Waals surface area contributed by atoms with Crippen LogP contribution < -0.4 is 5.32 Å². The number of carboxylic acid groups (broad SMARTS) is 1. The van der Waals surface area contributed by atoms with E-state index in [9.17, 15) is 14.0 Å². The van der Waals surface area contributed by atoms with E-state index in [4.69, 9.17) is 5.11 Å². The molecule has 0 radical (unpaired) electrons. The summed E-state index contributed by atoms with van der Waals surface area (Å²) in [5, 5.41) is 12.1. The van der Waals surface area contributed by atoms with Crippen LogP contribution in [-0.2, 0) is 11.3 Å². The molecule has 2 atom stereocenters. The summed E-state index contributed by atoms with van der Waals surface area (Å²) in [6.45, 7) is 0.992. The second-order valence-electron chi connectivity index (χ2n) is 7.21. The van der Waals surface area contributed by atoms with Crippen LogP contribution in [0.15, 0.2) is 54.9 Å². The number of aromatic nitrogens is 2. The average Bonchev–Trinajstić information content (AvgIpc) is 3.36. The molecule has 1 aliphatic heterocycles. The molecular weight excluding hydrogens is 375 g/mol. The lowest BCUT2D eigenvalue weighted by atomic mass is 10.1. The standard InChI is InChI=1S/C21H21FN4O3/c22-16-7-5-14(6-8-16)18(12-26-13-23-17-3-1-2-4-19(17)26)24-21(29)25-10-9-15(11-25)20(27)28/h1-8,13,15,18H,9-12H2,(H,24,29)(H,27,28). The molecule has 8 heteroatoms. The average molecular weight is 396 g/mol. The minimum atomic E-state index is -0.889. The van der Waals surface area contributed by atoms with Crippen LogP contribution in [0, 0.1) is 11.7 Å². The highest BCUT2D eigenvalue weighted by atomic mass is 19.1. The summed E-state index contributed by atoms with van der Waals surface area (Å²) in [4.78, 5) is 29.9. The van der Waals surface area contributed by atoms with Crippen LogP contribution in [0.2, 0.25) is 0 Å². The maximum atomic E-state index is 13.4. The predicted molar refractivity (Wildman–Crippen MR) is 105 cm³/mol. The minimum absolute atomic E-state index is 0.186. The number of carbonyl (C=O) groups is 2. The molecular formula is C21H21FN4O3. The summed E-state index contributed by atoms with van der Waals surface area (Å²) in [7, 11) is 0. The Labute approximate surface area is 166 Å². The summed E-state index contributed by atoms with van der Waals surface area (Å²) in [6, 6.07) is 12.9. The number of likely N-dealkylation sites (tertiary alicyclic amines) is 1. The van der Waals surface area contributed by atoms with Gasteiger partial charge in [-0.05, 0) is 36.2 Å². The van der Waals surface area contributed by atoms with Gasteiger partial charge in [-0.15, -0.1) is 0 Å². The number of hydrogen-bond donors (Lipinski definition) is 2. The molecule has 2 amide bonds. The van der Waals surface area contributed by atoms with E-state index in [1.165, 1.54) is 17.0 Å². The van der Waals surface area contributed by atoms with Gasteiger partial charge >= 0.3 is 12.0 Å². The van der Waals surface area contributed by atoms with E-state index in [1.54, 1.807) is 18.5 Å². The van der Waals surface area contributed by atoms with Crippen molar-refractivity contribution in [2.24, 2.45) is 5.92 Å². The fraction of sp³-hybridized carbons (Fsp3) is 0.286. The fourth-order valence-corrected chi connectivity index (χ4v) is 3.67. The van der Waals surface area contributed by atoms with Crippen molar-refractivity contribution in [3.05, 3.63) is 66.2 Å². The number of nitrogens with zero attached hydrogens (tertiary/aromatic N) is 3. The normalized spacial score (nSPS) is 17.4. The number of imidazole rings is 1. The van der Waals surface area contributed by atoms with Crippen LogP contribution in [0.1, 0.15) is 18.0 Å². The first kappa shape index (κ1) is 18.9. The lowest BCUT2D eigenvalue weighted by Crippen LogP contribution is -2.41. The van der Waals surface area contributed by atoms with Gasteiger partial charge in [0.05, 0.1) is 29.3 Å². The van der Waals surface area contributed by atoms with Crippen LogP contribution in [-0.4, -0.2) is 44.6 Å². The smallest absolute Gasteiger partial charge is 0.317 e. The zero-order valence-electron chi connectivity index (χ0n) is 15.7. The molecule has 150 valence electrons. The van der Waals surface area contributed by atoms with E-state index in [2.05, 4.69) is 10.3 Å². The van der Waals surface area contributed by atoms with E-state index in [1.807, 2.05) is 28.8 Å². The molecule has 29 heavy (non-hydrogen) atoms. The second-order valence-corrected chi connectivity index (χ2v) is 7.21. The highest BCUT2D eigenvalue weighted by Crippen LogP contribution is 2.22. The molecule has 2 heterocycles. The summed E-state index contributed by atoms with van der Waals surface area (Å²) in [5.74, 6) is -1.78. The first-order valence-corrected chi connectivity index (χ1v) is 9.45. The molecule has 0 aliphatic carbocycles. The molecule has 1 fully saturated rings. The predicted octanol–water partition coefficient (Wildman–Crippen LogP) is 3.03. The van der Waals surface area contributed by atoms with Gasteiger partial charge < -0.3 is 19.9 Å². The Balaban J connectivity index is 1.56. The number of nitrogens with one attached hydrogen (secondary N) is 1. The highest BCUT2D eigenvalue weighted by molar-refractivity contribution is 5.78. The Morgan fingerprint density at radius 1 is 1.21 bits per heavy atom. The van der Waals surface area contributed by atoms with Crippen LogP contribution in [0.3, 0.4) is 0 Å². The fourth-order valence-electron chi connectivity index (χ4n) is 3.67.